The van der Waals surface area contributed by atoms with Gasteiger partial charge in [0.2, 0.25) is 0 Å². The Kier molecular flexibility index (Phi) is 40.1. The number of likely N-dealkylation sites (N-methyl/N-ethyl adjacent to an activating group) is 1. The first-order valence-electron chi connectivity index (χ1n) is 24.2. The summed E-state index contributed by atoms with van der Waals surface area (Å²) < 4.78 is 11.7. The number of carbonyl (C=O) groups excluding carboxylic acids is 2. The molecule has 0 aromatic carbocycles. The molecule has 55 heavy (non-hydrogen) atoms. The number of rotatable bonds is 43. The number of aliphatic hydroxyl groups is 1. The maximum atomic E-state index is 13.1. The van der Waals surface area contributed by atoms with Crippen LogP contribution in [0.15, 0.2) is 0 Å². The molecule has 1 N–H and O–H groups in total. The lowest BCUT2D eigenvalue weighted by atomic mass is 9.94. The standard InChI is InChI=1S/C48H96N2O5/c1-7-11-15-19-21-27-35-44(33-25-17-13-9-3)47(52)54-41-31-24-23-29-38-50(40-37-46(51)43-49(5)6)39-30-32-42-55-48(53)45(34-26-18-14-10-4)36-28-22-20-16-12-8-2/h44-46,51H,7-43H2,1-6H3. The van der Waals surface area contributed by atoms with Crippen LogP contribution in [0.25, 0.3) is 0 Å². The SMILES string of the molecule is CCCCCCCCC(CCCCCC)C(=O)OCCCCCCN(CCCCOC(=O)C(CCCCCC)CCCCCCCC)CCC(O)CN(C)C. The number of unbranched alkanes of at least 4 members (excludes halogenated alkanes) is 20. The number of ether oxygens (including phenoxy) is 2. The van der Waals surface area contributed by atoms with Crippen LogP contribution in [0.5, 0.6) is 0 Å². The Bertz CT molecular complexity index is 824. The van der Waals surface area contributed by atoms with Crippen LogP contribution in [-0.4, -0.2) is 86.4 Å². The van der Waals surface area contributed by atoms with E-state index in [1.165, 1.54) is 103 Å². The molecule has 0 saturated heterocycles. The van der Waals surface area contributed by atoms with E-state index in [0.717, 1.165) is 116 Å². The van der Waals surface area contributed by atoms with Crippen molar-refractivity contribution in [2.24, 2.45) is 11.8 Å². The van der Waals surface area contributed by atoms with Gasteiger partial charge in [-0.15, -0.1) is 0 Å². The van der Waals surface area contributed by atoms with Crippen molar-refractivity contribution in [2.75, 3.05) is 53.5 Å². The lowest BCUT2D eigenvalue weighted by Crippen LogP contribution is -2.33. The van der Waals surface area contributed by atoms with E-state index in [9.17, 15) is 14.7 Å². The Morgan fingerprint density at radius 1 is 0.436 bits per heavy atom. The summed E-state index contributed by atoms with van der Waals surface area (Å²) in [5.74, 6) is 0.201. The van der Waals surface area contributed by atoms with Crippen LogP contribution in [0.3, 0.4) is 0 Å². The van der Waals surface area contributed by atoms with Crippen molar-refractivity contribution >= 4 is 11.9 Å². The highest BCUT2D eigenvalue weighted by atomic mass is 16.5. The highest BCUT2D eigenvalue weighted by Crippen LogP contribution is 2.22. The lowest BCUT2D eigenvalue weighted by molar-refractivity contribution is -0.150. The quantitative estimate of drug-likeness (QED) is 0.0487. The molecule has 0 aliphatic heterocycles. The fourth-order valence-electron chi connectivity index (χ4n) is 7.73. The van der Waals surface area contributed by atoms with Gasteiger partial charge in [0.05, 0.1) is 31.2 Å². The van der Waals surface area contributed by atoms with E-state index in [1.54, 1.807) is 0 Å². The molecule has 328 valence electrons. The van der Waals surface area contributed by atoms with E-state index in [0.29, 0.717) is 19.8 Å². The Hall–Kier alpha value is -1.18. The molecule has 0 aromatic heterocycles. The third-order valence-electron chi connectivity index (χ3n) is 11.4. The first-order chi connectivity index (χ1) is 26.8. The summed E-state index contributed by atoms with van der Waals surface area (Å²) in [4.78, 5) is 30.7. The summed E-state index contributed by atoms with van der Waals surface area (Å²) in [6, 6.07) is 0. The second kappa shape index (κ2) is 41.0. The van der Waals surface area contributed by atoms with E-state index in [2.05, 4.69) is 32.6 Å². The van der Waals surface area contributed by atoms with Gasteiger partial charge in [0.1, 0.15) is 0 Å². The molecule has 7 heteroatoms. The Balaban J connectivity index is 4.69. The average molecular weight is 781 g/mol. The second-order valence-electron chi connectivity index (χ2n) is 17.2. The van der Waals surface area contributed by atoms with Crippen molar-refractivity contribution in [3.05, 3.63) is 0 Å². The van der Waals surface area contributed by atoms with Gasteiger partial charge in [-0.2, -0.15) is 0 Å². The Labute approximate surface area is 343 Å². The van der Waals surface area contributed by atoms with E-state index < -0.39 is 0 Å². The van der Waals surface area contributed by atoms with Gasteiger partial charge in [-0.25, -0.2) is 0 Å². The Morgan fingerprint density at radius 2 is 0.764 bits per heavy atom. The molecule has 0 bridgehead atoms. The molecule has 7 nitrogen and oxygen atoms in total. The fraction of sp³-hybridized carbons (Fsp3) is 0.958. The maximum Gasteiger partial charge on any atom is 0.308 e. The molecule has 0 aliphatic rings. The van der Waals surface area contributed by atoms with Gasteiger partial charge in [0.15, 0.2) is 0 Å². The molecule has 0 saturated carbocycles. The number of hydrogen-bond donors (Lipinski definition) is 1. The largest absolute Gasteiger partial charge is 0.465 e. The number of aliphatic hydroxyl groups excluding tert-OH is 1. The van der Waals surface area contributed by atoms with Crippen LogP contribution in [-0.2, 0) is 19.1 Å². The molecule has 0 aromatic rings. The van der Waals surface area contributed by atoms with Crippen LogP contribution < -0.4 is 0 Å². The number of hydrogen-bond acceptors (Lipinski definition) is 7. The molecule has 0 fully saturated rings. The number of esters is 2. The fourth-order valence-corrected chi connectivity index (χ4v) is 7.73. The van der Waals surface area contributed by atoms with Crippen molar-refractivity contribution in [1.82, 2.24) is 9.80 Å². The minimum Gasteiger partial charge on any atom is -0.465 e. The molecule has 0 heterocycles. The molecule has 3 unspecified atom stereocenters. The first kappa shape index (κ1) is 53.8. The minimum absolute atomic E-state index is 0.0275. The van der Waals surface area contributed by atoms with Gasteiger partial charge in [0, 0.05) is 13.1 Å². The molecule has 0 spiro atoms. The van der Waals surface area contributed by atoms with Gasteiger partial charge >= 0.3 is 11.9 Å². The number of carbonyl (C=O) groups is 2. The summed E-state index contributed by atoms with van der Waals surface area (Å²) in [5.41, 5.74) is 0. The zero-order valence-electron chi connectivity index (χ0n) is 37.9. The van der Waals surface area contributed by atoms with Gasteiger partial charge in [-0.3, -0.25) is 9.59 Å². The van der Waals surface area contributed by atoms with Crippen LogP contribution in [0.2, 0.25) is 0 Å². The zero-order chi connectivity index (χ0) is 40.6. The second-order valence-corrected chi connectivity index (χ2v) is 17.2. The molecule has 3 atom stereocenters. The third-order valence-corrected chi connectivity index (χ3v) is 11.4. The molecule has 0 amide bonds. The number of nitrogens with zero attached hydrogens (tertiary/aromatic N) is 2. The minimum atomic E-state index is -0.328. The third kappa shape index (κ3) is 35.7. The van der Waals surface area contributed by atoms with Crippen LogP contribution in [0.1, 0.15) is 227 Å². The summed E-state index contributed by atoms with van der Waals surface area (Å²) in [7, 11) is 4.01. The summed E-state index contributed by atoms with van der Waals surface area (Å²) in [6.45, 7) is 13.6. The highest BCUT2D eigenvalue weighted by molar-refractivity contribution is 5.72. The summed E-state index contributed by atoms with van der Waals surface area (Å²) >= 11 is 0. The molecular formula is C48H96N2O5. The first-order valence-corrected chi connectivity index (χ1v) is 24.2. The molecule has 0 aliphatic carbocycles. The van der Waals surface area contributed by atoms with Gasteiger partial charge in [-0.05, 0) is 85.0 Å². The lowest BCUT2D eigenvalue weighted by Gasteiger charge is -2.25. The van der Waals surface area contributed by atoms with Crippen LogP contribution in [0, 0.1) is 11.8 Å². The van der Waals surface area contributed by atoms with Gasteiger partial charge in [-0.1, -0.05) is 169 Å². The predicted molar refractivity (Wildman–Crippen MR) is 236 cm³/mol. The molecule has 0 rings (SSSR count). The smallest absolute Gasteiger partial charge is 0.308 e. The van der Waals surface area contributed by atoms with E-state index >= 15 is 0 Å². The average Bonchev–Trinajstić information content (AvgIpc) is 3.16. The van der Waals surface area contributed by atoms with Crippen molar-refractivity contribution in [3.8, 4) is 0 Å². The van der Waals surface area contributed by atoms with E-state index in [1.807, 2.05) is 19.0 Å². The summed E-state index contributed by atoms with van der Waals surface area (Å²) in [6.07, 6.45) is 35.1. The topological polar surface area (TPSA) is 79.3 Å². The van der Waals surface area contributed by atoms with Crippen molar-refractivity contribution < 1.29 is 24.2 Å². The monoisotopic (exact) mass is 781 g/mol. The van der Waals surface area contributed by atoms with E-state index in [-0.39, 0.29) is 29.9 Å². The predicted octanol–water partition coefficient (Wildman–Crippen LogP) is 12.7. The van der Waals surface area contributed by atoms with Gasteiger partial charge < -0.3 is 24.4 Å². The van der Waals surface area contributed by atoms with Crippen molar-refractivity contribution in [1.29, 1.82) is 0 Å². The van der Waals surface area contributed by atoms with Crippen LogP contribution in [0.4, 0.5) is 0 Å². The van der Waals surface area contributed by atoms with Crippen LogP contribution >= 0.6 is 0 Å². The summed E-state index contributed by atoms with van der Waals surface area (Å²) in [5, 5.41) is 10.5. The molecular weight excluding hydrogens is 685 g/mol. The maximum absolute atomic E-state index is 13.1. The normalized spacial score (nSPS) is 13.4. The van der Waals surface area contributed by atoms with Gasteiger partial charge in [0.25, 0.3) is 0 Å². The van der Waals surface area contributed by atoms with Crippen molar-refractivity contribution in [3.63, 3.8) is 0 Å². The van der Waals surface area contributed by atoms with E-state index in [4.69, 9.17) is 9.47 Å². The molecule has 0 radical (unpaired) electrons. The van der Waals surface area contributed by atoms with Crippen molar-refractivity contribution in [2.45, 2.75) is 233 Å². The Morgan fingerprint density at radius 3 is 1.18 bits per heavy atom. The zero-order valence-corrected chi connectivity index (χ0v) is 37.9. The highest BCUT2D eigenvalue weighted by Gasteiger charge is 2.21.